The van der Waals surface area contributed by atoms with Crippen LogP contribution in [0.4, 0.5) is 5.82 Å². The van der Waals surface area contributed by atoms with Crippen molar-refractivity contribution in [3.8, 4) is 0 Å². The summed E-state index contributed by atoms with van der Waals surface area (Å²) in [5.74, 6) is 0.753. The van der Waals surface area contributed by atoms with Crippen LogP contribution in [0.15, 0.2) is 24.4 Å². The van der Waals surface area contributed by atoms with Gasteiger partial charge in [0.25, 0.3) is 0 Å². The van der Waals surface area contributed by atoms with Crippen LogP contribution >= 0.6 is 0 Å². The number of hydrogen-bond donors (Lipinski definition) is 1. The minimum atomic E-state index is -3.13. The molecule has 0 aromatic carbocycles. The molecule has 0 aliphatic rings. The maximum absolute atomic E-state index is 11.4. The lowest BCUT2D eigenvalue weighted by Gasteiger charge is -2.11. The average molecular weight is 229 g/mol. The molecule has 0 fully saturated rings. The zero-order valence-corrected chi connectivity index (χ0v) is 9.66. The fourth-order valence-electron chi connectivity index (χ4n) is 0.958. The number of nitrogens with zero attached hydrogens (tertiary/aromatic N) is 2. The summed E-state index contributed by atoms with van der Waals surface area (Å²) in [7, 11) is -0.0775. The van der Waals surface area contributed by atoms with E-state index in [-0.39, 0.29) is 5.75 Å². The molecular weight excluding hydrogens is 214 g/mol. The highest BCUT2D eigenvalue weighted by Crippen LogP contribution is 2.00. The Kier molecular flexibility index (Phi) is 4.05. The fourth-order valence-corrected chi connectivity index (χ4v) is 1.68. The second-order valence-electron chi connectivity index (χ2n) is 3.24. The quantitative estimate of drug-likeness (QED) is 0.793. The lowest BCUT2D eigenvalue weighted by atomic mass is 10.4. The van der Waals surface area contributed by atoms with Gasteiger partial charge < -0.3 is 5.32 Å². The molecule has 5 nitrogen and oxygen atoms in total. The zero-order valence-electron chi connectivity index (χ0n) is 8.84. The third kappa shape index (κ3) is 3.85. The molecule has 0 radical (unpaired) electrons. The van der Waals surface area contributed by atoms with Gasteiger partial charge in [-0.1, -0.05) is 6.07 Å². The monoisotopic (exact) mass is 229 g/mol. The van der Waals surface area contributed by atoms with Crippen LogP contribution in [0.25, 0.3) is 0 Å². The summed E-state index contributed by atoms with van der Waals surface area (Å²) in [5, 5.41) is 2.94. The maximum atomic E-state index is 11.4. The molecule has 15 heavy (non-hydrogen) atoms. The molecule has 0 spiro atoms. The van der Waals surface area contributed by atoms with Crippen molar-refractivity contribution in [1.29, 1.82) is 0 Å². The highest BCUT2D eigenvalue weighted by atomic mass is 32.2. The Morgan fingerprint density at radius 2 is 2.13 bits per heavy atom. The smallest absolute Gasteiger partial charge is 0.215 e. The topological polar surface area (TPSA) is 62.3 Å². The molecule has 0 atom stereocenters. The average Bonchev–Trinajstić information content (AvgIpc) is 2.19. The van der Waals surface area contributed by atoms with E-state index < -0.39 is 10.0 Å². The van der Waals surface area contributed by atoms with Gasteiger partial charge in [0, 0.05) is 26.8 Å². The Labute approximate surface area is 90.2 Å². The van der Waals surface area contributed by atoms with Crippen LogP contribution in [-0.4, -0.2) is 44.1 Å². The summed E-state index contributed by atoms with van der Waals surface area (Å²) >= 11 is 0. The summed E-state index contributed by atoms with van der Waals surface area (Å²) in [6, 6.07) is 5.44. The van der Waals surface area contributed by atoms with E-state index >= 15 is 0 Å². The Balaban J connectivity index is 2.41. The first-order chi connectivity index (χ1) is 7.02. The van der Waals surface area contributed by atoms with Crippen LogP contribution in [-0.2, 0) is 10.0 Å². The Morgan fingerprint density at radius 1 is 1.40 bits per heavy atom. The molecule has 0 aliphatic carbocycles. The molecule has 84 valence electrons. The standard InChI is InChI=1S/C9H15N3O2S/c1-12(2)15(13,14)8-7-11-9-5-3-4-6-10-9/h3-6H,7-8H2,1-2H3,(H,10,11). The largest absolute Gasteiger partial charge is 0.369 e. The van der Waals surface area contributed by atoms with E-state index in [1.54, 1.807) is 12.3 Å². The summed E-state index contributed by atoms with van der Waals surface area (Å²) in [5.41, 5.74) is 0. The number of sulfonamides is 1. The molecule has 0 saturated heterocycles. The van der Waals surface area contributed by atoms with Crippen molar-refractivity contribution in [3.05, 3.63) is 24.4 Å². The van der Waals surface area contributed by atoms with Crippen molar-refractivity contribution in [1.82, 2.24) is 9.29 Å². The summed E-state index contributed by atoms with van der Waals surface area (Å²) < 4.78 is 24.0. The Morgan fingerprint density at radius 3 is 2.67 bits per heavy atom. The van der Waals surface area contributed by atoms with Gasteiger partial charge in [0.2, 0.25) is 10.0 Å². The van der Waals surface area contributed by atoms with E-state index in [2.05, 4.69) is 10.3 Å². The molecule has 1 aromatic rings. The van der Waals surface area contributed by atoms with Crippen LogP contribution in [0, 0.1) is 0 Å². The van der Waals surface area contributed by atoms with E-state index in [0.29, 0.717) is 12.4 Å². The highest BCUT2D eigenvalue weighted by molar-refractivity contribution is 7.89. The van der Waals surface area contributed by atoms with Gasteiger partial charge in [0.1, 0.15) is 5.82 Å². The van der Waals surface area contributed by atoms with Crippen molar-refractivity contribution in [3.63, 3.8) is 0 Å². The number of rotatable bonds is 5. The van der Waals surface area contributed by atoms with Gasteiger partial charge in [-0.05, 0) is 12.1 Å². The van der Waals surface area contributed by atoms with Crippen molar-refractivity contribution >= 4 is 15.8 Å². The molecule has 0 amide bonds. The van der Waals surface area contributed by atoms with E-state index in [9.17, 15) is 8.42 Å². The van der Waals surface area contributed by atoms with Gasteiger partial charge in [-0.2, -0.15) is 0 Å². The van der Waals surface area contributed by atoms with E-state index in [1.165, 1.54) is 18.4 Å². The van der Waals surface area contributed by atoms with E-state index in [4.69, 9.17) is 0 Å². The van der Waals surface area contributed by atoms with Gasteiger partial charge in [-0.3, -0.25) is 0 Å². The maximum Gasteiger partial charge on any atom is 0.215 e. The Hall–Kier alpha value is -1.14. The van der Waals surface area contributed by atoms with E-state index in [0.717, 1.165) is 0 Å². The highest BCUT2D eigenvalue weighted by Gasteiger charge is 2.12. The first-order valence-electron chi connectivity index (χ1n) is 4.57. The predicted octanol–water partition coefficient (Wildman–Crippen LogP) is 0.385. The molecular formula is C9H15N3O2S. The van der Waals surface area contributed by atoms with Crippen molar-refractivity contribution in [2.45, 2.75) is 0 Å². The van der Waals surface area contributed by atoms with Gasteiger partial charge >= 0.3 is 0 Å². The molecule has 1 N–H and O–H groups in total. The number of nitrogens with one attached hydrogen (secondary N) is 1. The molecule has 1 aromatic heterocycles. The van der Waals surface area contributed by atoms with Crippen LogP contribution in [0.5, 0.6) is 0 Å². The third-order valence-electron chi connectivity index (χ3n) is 1.89. The molecule has 6 heteroatoms. The van der Waals surface area contributed by atoms with Gasteiger partial charge in [0.15, 0.2) is 0 Å². The lowest BCUT2D eigenvalue weighted by molar-refractivity contribution is 0.521. The summed E-state index contributed by atoms with van der Waals surface area (Å²) in [4.78, 5) is 4.02. The van der Waals surface area contributed by atoms with Crippen LogP contribution in [0.2, 0.25) is 0 Å². The molecule has 1 rings (SSSR count). The first-order valence-corrected chi connectivity index (χ1v) is 6.18. The number of hydrogen-bond acceptors (Lipinski definition) is 4. The summed E-state index contributed by atoms with van der Waals surface area (Å²) in [6.07, 6.45) is 1.66. The van der Waals surface area contributed by atoms with Crippen molar-refractivity contribution in [2.75, 3.05) is 31.7 Å². The van der Waals surface area contributed by atoms with Crippen molar-refractivity contribution < 1.29 is 8.42 Å². The van der Waals surface area contributed by atoms with Crippen LogP contribution in [0.3, 0.4) is 0 Å². The normalized spacial score (nSPS) is 11.7. The minimum Gasteiger partial charge on any atom is -0.369 e. The Bertz CT molecular complexity index is 389. The van der Waals surface area contributed by atoms with Gasteiger partial charge in [0.05, 0.1) is 5.75 Å². The summed E-state index contributed by atoms with van der Waals surface area (Å²) in [6.45, 7) is 0.359. The SMILES string of the molecule is CN(C)S(=O)(=O)CCNc1ccccn1. The minimum absolute atomic E-state index is 0.0660. The first kappa shape index (κ1) is 11.9. The molecule has 1 heterocycles. The number of pyridine rings is 1. The van der Waals surface area contributed by atoms with E-state index in [1.807, 2.05) is 12.1 Å². The van der Waals surface area contributed by atoms with Gasteiger partial charge in [-0.25, -0.2) is 17.7 Å². The van der Waals surface area contributed by atoms with Crippen molar-refractivity contribution in [2.24, 2.45) is 0 Å². The molecule has 0 unspecified atom stereocenters. The number of aromatic nitrogens is 1. The number of anilines is 1. The second-order valence-corrected chi connectivity index (χ2v) is 5.54. The molecule has 0 aliphatic heterocycles. The molecule has 0 saturated carbocycles. The molecule has 0 bridgehead atoms. The fraction of sp³-hybridized carbons (Fsp3) is 0.444. The van der Waals surface area contributed by atoms with Gasteiger partial charge in [-0.15, -0.1) is 0 Å². The lowest BCUT2D eigenvalue weighted by Crippen LogP contribution is -2.28. The van der Waals surface area contributed by atoms with Crippen LogP contribution in [0.1, 0.15) is 0 Å². The predicted molar refractivity (Wildman–Crippen MR) is 60.2 cm³/mol. The second kappa shape index (κ2) is 5.09. The van der Waals surface area contributed by atoms with Crippen LogP contribution < -0.4 is 5.32 Å². The third-order valence-corrected chi connectivity index (χ3v) is 3.72. The zero-order chi connectivity index (χ0) is 11.3.